The van der Waals surface area contributed by atoms with Crippen molar-refractivity contribution >= 4 is 9.84 Å². The number of aliphatic hydroxyl groups excluding tert-OH is 1. The molecule has 6 nitrogen and oxygen atoms in total. The third kappa shape index (κ3) is 4.92. The summed E-state index contributed by atoms with van der Waals surface area (Å²) >= 11 is 0. The number of nitrogens with two attached hydrogens (primary N) is 1. The molecule has 0 saturated carbocycles. The Hall–Kier alpha value is -1.25. The van der Waals surface area contributed by atoms with Gasteiger partial charge in [-0.3, -0.25) is 0 Å². The summed E-state index contributed by atoms with van der Waals surface area (Å²) in [7, 11) is -1.95. The minimum absolute atomic E-state index is 0.0811. The first-order chi connectivity index (χ1) is 12.3. The first-order valence-corrected chi connectivity index (χ1v) is 10.4. The topological polar surface area (TPSA) is 98.8 Å². The van der Waals surface area contributed by atoms with Crippen molar-refractivity contribution < 1.29 is 23.0 Å². The molecule has 0 aromatic heterocycles. The lowest BCUT2D eigenvalue weighted by molar-refractivity contribution is -0.0294. The average molecular weight is 384 g/mol. The fraction of sp³-hybridized carbons (Fsp3) is 0.579. The van der Waals surface area contributed by atoms with Crippen LogP contribution in [0.4, 0.5) is 0 Å². The van der Waals surface area contributed by atoms with Crippen LogP contribution in [0.2, 0.25) is 0 Å². The fourth-order valence-electron chi connectivity index (χ4n) is 3.46. The van der Waals surface area contributed by atoms with Crippen molar-refractivity contribution in [2.75, 3.05) is 19.4 Å². The van der Waals surface area contributed by atoms with Crippen LogP contribution in [-0.4, -0.2) is 57.3 Å². The lowest BCUT2D eigenvalue weighted by atomic mass is 9.94. The zero-order valence-electron chi connectivity index (χ0n) is 15.4. The third-order valence-corrected chi connectivity index (χ3v) is 6.67. The Morgan fingerprint density at radius 1 is 1.35 bits per heavy atom. The van der Waals surface area contributed by atoms with Gasteiger partial charge in [-0.25, -0.2) is 8.42 Å². The number of ether oxygens (including phenoxy) is 2. The van der Waals surface area contributed by atoms with Crippen molar-refractivity contribution in [3.05, 3.63) is 42.5 Å². The van der Waals surface area contributed by atoms with Gasteiger partial charge in [0.25, 0.3) is 0 Å². The predicted molar refractivity (Wildman–Crippen MR) is 101 cm³/mol. The SMILES string of the molecule is C=CCC1OC(CC(O)CN)C(OC)C1CS(=O)(=O)c1ccc(C)cc1. The van der Waals surface area contributed by atoms with Crippen LogP contribution in [0.1, 0.15) is 18.4 Å². The molecule has 0 spiro atoms. The van der Waals surface area contributed by atoms with Crippen molar-refractivity contribution in [3.63, 3.8) is 0 Å². The van der Waals surface area contributed by atoms with E-state index in [0.717, 1.165) is 5.56 Å². The molecule has 1 fully saturated rings. The number of aliphatic hydroxyl groups is 1. The zero-order valence-corrected chi connectivity index (χ0v) is 16.2. The summed E-state index contributed by atoms with van der Waals surface area (Å²) in [6.07, 6.45) is 0.669. The first kappa shape index (κ1) is 21.1. The second-order valence-corrected chi connectivity index (χ2v) is 8.86. The number of aryl methyl sites for hydroxylation is 1. The quantitative estimate of drug-likeness (QED) is 0.626. The monoisotopic (exact) mass is 383 g/mol. The van der Waals surface area contributed by atoms with E-state index in [1.54, 1.807) is 30.3 Å². The Balaban J connectivity index is 2.24. The standard InChI is InChI=1S/C19H29NO5S/c1-4-5-17-16(19(24-3)18(25-17)10-14(21)11-20)12-26(22,23)15-8-6-13(2)7-9-15/h4,6-9,14,16-19,21H,1,5,10-12,20H2,2-3H3. The largest absolute Gasteiger partial charge is 0.392 e. The molecular weight excluding hydrogens is 354 g/mol. The van der Waals surface area contributed by atoms with Crippen LogP contribution in [0.25, 0.3) is 0 Å². The van der Waals surface area contributed by atoms with Gasteiger partial charge < -0.3 is 20.3 Å². The normalized spacial score (nSPS) is 27.4. The molecule has 1 aliphatic heterocycles. The molecule has 0 amide bonds. The van der Waals surface area contributed by atoms with Gasteiger partial charge in [-0.2, -0.15) is 0 Å². The number of hydrogen-bond acceptors (Lipinski definition) is 6. The van der Waals surface area contributed by atoms with E-state index in [0.29, 0.717) is 17.7 Å². The van der Waals surface area contributed by atoms with Gasteiger partial charge in [-0.05, 0) is 25.5 Å². The first-order valence-electron chi connectivity index (χ1n) is 8.79. The number of sulfone groups is 1. The predicted octanol–water partition coefficient (Wildman–Crippen LogP) is 1.45. The molecule has 7 heteroatoms. The highest BCUT2D eigenvalue weighted by atomic mass is 32.2. The molecule has 5 atom stereocenters. The van der Waals surface area contributed by atoms with Crippen molar-refractivity contribution in [1.82, 2.24) is 0 Å². The number of hydrogen-bond donors (Lipinski definition) is 2. The summed E-state index contributed by atoms with van der Waals surface area (Å²) < 4.78 is 37.4. The third-order valence-electron chi connectivity index (χ3n) is 4.86. The minimum Gasteiger partial charge on any atom is -0.392 e. The van der Waals surface area contributed by atoms with E-state index in [2.05, 4.69) is 6.58 Å². The van der Waals surface area contributed by atoms with Crippen molar-refractivity contribution in [2.24, 2.45) is 11.7 Å². The maximum Gasteiger partial charge on any atom is 0.178 e. The lowest BCUT2D eigenvalue weighted by Crippen LogP contribution is -2.37. The van der Waals surface area contributed by atoms with E-state index in [4.69, 9.17) is 15.2 Å². The van der Waals surface area contributed by atoms with Crippen LogP contribution in [0, 0.1) is 12.8 Å². The number of benzene rings is 1. The lowest BCUT2D eigenvalue weighted by Gasteiger charge is -2.23. The number of methoxy groups -OCH3 is 1. The Morgan fingerprint density at radius 3 is 2.54 bits per heavy atom. The van der Waals surface area contributed by atoms with E-state index in [9.17, 15) is 13.5 Å². The molecule has 1 aromatic rings. The molecule has 3 N–H and O–H groups in total. The van der Waals surface area contributed by atoms with E-state index in [-0.39, 0.29) is 24.3 Å². The van der Waals surface area contributed by atoms with Gasteiger partial charge in [0.1, 0.15) is 0 Å². The highest BCUT2D eigenvalue weighted by Gasteiger charge is 2.46. The number of rotatable bonds is 9. The maximum atomic E-state index is 12.9. The maximum absolute atomic E-state index is 12.9. The molecule has 0 radical (unpaired) electrons. The molecule has 146 valence electrons. The Kier molecular flexibility index (Phi) is 7.37. The van der Waals surface area contributed by atoms with E-state index >= 15 is 0 Å². The Labute approximate surface area is 155 Å². The van der Waals surface area contributed by atoms with Crippen LogP contribution in [0.5, 0.6) is 0 Å². The summed E-state index contributed by atoms with van der Waals surface area (Å²) in [6.45, 7) is 5.77. The van der Waals surface area contributed by atoms with Gasteiger partial charge in [0.05, 0.1) is 35.1 Å². The van der Waals surface area contributed by atoms with Crippen molar-refractivity contribution in [2.45, 2.75) is 49.1 Å². The molecule has 0 bridgehead atoms. The van der Waals surface area contributed by atoms with Crippen LogP contribution in [0.3, 0.4) is 0 Å². The molecule has 1 heterocycles. The van der Waals surface area contributed by atoms with Crippen LogP contribution in [0.15, 0.2) is 41.8 Å². The summed E-state index contributed by atoms with van der Waals surface area (Å²) in [5.74, 6) is -0.429. The average Bonchev–Trinajstić information content (AvgIpc) is 2.91. The van der Waals surface area contributed by atoms with E-state index in [1.807, 2.05) is 6.92 Å². The molecule has 5 unspecified atom stereocenters. The second kappa shape index (κ2) is 9.10. The summed E-state index contributed by atoms with van der Waals surface area (Å²) in [4.78, 5) is 0.292. The molecule has 0 aliphatic carbocycles. The van der Waals surface area contributed by atoms with Gasteiger partial charge in [0.2, 0.25) is 0 Å². The van der Waals surface area contributed by atoms with Gasteiger partial charge >= 0.3 is 0 Å². The summed E-state index contributed by atoms with van der Waals surface area (Å²) in [6, 6.07) is 6.82. The summed E-state index contributed by atoms with van der Waals surface area (Å²) in [5.41, 5.74) is 6.50. The Bertz CT molecular complexity index is 688. The highest BCUT2D eigenvalue weighted by Crippen LogP contribution is 2.35. The van der Waals surface area contributed by atoms with E-state index in [1.165, 1.54) is 7.11 Å². The Morgan fingerprint density at radius 2 is 2.00 bits per heavy atom. The summed E-state index contributed by atoms with van der Waals surface area (Å²) in [5, 5.41) is 9.87. The van der Waals surface area contributed by atoms with Gasteiger partial charge in [0, 0.05) is 26.0 Å². The van der Waals surface area contributed by atoms with Gasteiger partial charge in [-0.1, -0.05) is 23.8 Å². The van der Waals surface area contributed by atoms with Crippen molar-refractivity contribution in [3.8, 4) is 0 Å². The minimum atomic E-state index is -3.49. The van der Waals surface area contributed by atoms with Crippen LogP contribution < -0.4 is 5.73 Å². The van der Waals surface area contributed by atoms with Crippen LogP contribution >= 0.6 is 0 Å². The molecule has 26 heavy (non-hydrogen) atoms. The zero-order chi connectivity index (χ0) is 19.3. The molecule has 2 rings (SSSR count). The second-order valence-electron chi connectivity index (χ2n) is 6.82. The van der Waals surface area contributed by atoms with Gasteiger partial charge in [0.15, 0.2) is 9.84 Å². The molecule has 1 aliphatic rings. The van der Waals surface area contributed by atoms with Crippen LogP contribution in [-0.2, 0) is 19.3 Å². The fourth-order valence-corrected chi connectivity index (χ4v) is 5.12. The highest BCUT2D eigenvalue weighted by molar-refractivity contribution is 7.91. The van der Waals surface area contributed by atoms with Crippen molar-refractivity contribution in [1.29, 1.82) is 0 Å². The smallest absolute Gasteiger partial charge is 0.178 e. The molecular formula is C19H29NO5S. The molecule has 1 aromatic carbocycles. The molecule has 1 saturated heterocycles. The van der Waals surface area contributed by atoms with E-state index < -0.39 is 28.1 Å². The van der Waals surface area contributed by atoms with Gasteiger partial charge in [-0.15, -0.1) is 6.58 Å².